The van der Waals surface area contributed by atoms with Crippen LogP contribution in [0.15, 0.2) is 23.2 Å². The van der Waals surface area contributed by atoms with Crippen molar-refractivity contribution >= 4 is 59.0 Å². The number of likely N-dealkylation sites (tertiary alicyclic amines) is 1. The minimum Gasteiger partial charge on any atom is -0.369 e. The fraction of sp³-hybridized carbons (Fsp3) is 0.579. The predicted molar refractivity (Wildman–Crippen MR) is 128 cm³/mol. The first-order chi connectivity index (χ1) is 12.9. The Morgan fingerprint density at radius 1 is 1.43 bits per heavy atom. The van der Waals surface area contributed by atoms with E-state index in [1.807, 2.05) is 19.1 Å². The molecule has 28 heavy (non-hydrogen) atoms. The summed E-state index contributed by atoms with van der Waals surface area (Å²) in [5, 5.41) is 7.92. The van der Waals surface area contributed by atoms with Crippen molar-refractivity contribution in [1.29, 1.82) is 0 Å². The molecule has 0 aliphatic carbocycles. The van der Waals surface area contributed by atoms with E-state index in [0.29, 0.717) is 10.0 Å². The molecule has 2 atom stereocenters. The molecule has 0 aromatic heterocycles. The lowest BCUT2D eigenvalue weighted by Gasteiger charge is -2.31. The maximum absolute atomic E-state index is 11.4. The Morgan fingerprint density at radius 2 is 2.18 bits per heavy atom. The van der Waals surface area contributed by atoms with Crippen LogP contribution < -0.4 is 16.4 Å². The third-order valence-corrected chi connectivity index (χ3v) is 5.42. The molecule has 0 radical (unpaired) electrons. The smallest absolute Gasteiger partial charge is 0.221 e. The van der Waals surface area contributed by atoms with E-state index in [0.717, 1.165) is 57.0 Å². The fourth-order valence-corrected chi connectivity index (χ4v) is 3.90. The molecule has 158 valence electrons. The van der Waals surface area contributed by atoms with Crippen LogP contribution in [0.3, 0.4) is 0 Å². The number of guanidine groups is 1. The second kappa shape index (κ2) is 12.7. The number of halogens is 3. The number of rotatable bonds is 7. The molecule has 1 aromatic carbocycles. The van der Waals surface area contributed by atoms with E-state index < -0.39 is 0 Å². The van der Waals surface area contributed by atoms with E-state index in [4.69, 9.17) is 28.9 Å². The first kappa shape index (κ1) is 25.3. The molecule has 1 heterocycles. The van der Waals surface area contributed by atoms with E-state index in [9.17, 15) is 4.79 Å². The number of amides is 1. The van der Waals surface area contributed by atoms with Gasteiger partial charge in [-0.15, -0.1) is 24.0 Å². The summed E-state index contributed by atoms with van der Waals surface area (Å²) >= 11 is 12.2. The molecule has 1 aliphatic rings. The van der Waals surface area contributed by atoms with Crippen LogP contribution in [-0.4, -0.2) is 50.0 Å². The average Bonchev–Trinajstić information content (AvgIpc) is 2.64. The highest BCUT2D eigenvalue weighted by atomic mass is 127. The molecular formula is C19H30Cl2IN5O. The van der Waals surface area contributed by atoms with Gasteiger partial charge in [-0.05, 0) is 57.0 Å². The fourth-order valence-electron chi connectivity index (χ4n) is 3.33. The van der Waals surface area contributed by atoms with E-state index in [2.05, 4.69) is 20.5 Å². The zero-order valence-corrected chi connectivity index (χ0v) is 20.2. The molecule has 2 unspecified atom stereocenters. The normalized spacial score (nSPS) is 18.9. The van der Waals surface area contributed by atoms with Crippen LogP contribution in [-0.2, 0) is 4.79 Å². The maximum Gasteiger partial charge on any atom is 0.221 e. The summed E-state index contributed by atoms with van der Waals surface area (Å²) in [6, 6.07) is 5.49. The Labute approximate surface area is 194 Å². The summed E-state index contributed by atoms with van der Waals surface area (Å²) in [7, 11) is 1.74. The Balaban J connectivity index is 0.00000392. The van der Waals surface area contributed by atoms with Crippen LogP contribution in [0.25, 0.3) is 0 Å². The zero-order valence-electron chi connectivity index (χ0n) is 16.4. The quantitative estimate of drug-likeness (QED) is 0.214. The number of benzene rings is 1. The van der Waals surface area contributed by atoms with Gasteiger partial charge in [0.2, 0.25) is 5.91 Å². The number of piperidine rings is 1. The van der Waals surface area contributed by atoms with Gasteiger partial charge in [0, 0.05) is 30.2 Å². The molecule has 4 N–H and O–H groups in total. The lowest BCUT2D eigenvalue weighted by molar-refractivity contribution is -0.123. The first-order valence-electron chi connectivity index (χ1n) is 9.34. The summed E-state index contributed by atoms with van der Waals surface area (Å²) in [4.78, 5) is 17.9. The number of nitrogens with one attached hydrogen (secondary N) is 2. The van der Waals surface area contributed by atoms with Crippen LogP contribution in [0.2, 0.25) is 10.0 Å². The molecule has 1 aromatic rings. The highest BCUT2D eigenvalue weighted by Gasteiger charge is 2.23. The summed E-state index contributed by atoms with van der Waals surface area (Å²) in [5.74, 6) is 0.533. The van der Waals surface area contributed by atoms with Gasteiger partial charge in [0.1, 0.15) is 0 Å². The molecule has 6 nitrogen and oxygen atoms in total. The van der Waals surface area contributed by atoms with Crippen molar-refractivity contribution in [3.63, 3.8) is 0 Å². The van der Waals surface area contributed by atoms with E-state index in [1.165, 1.54) is 0 Å². The third-order valence-electron chi connectivity index (χ3n) is 4.86. The average molecular weight is 542 g/mol. The number of hydrogen-bond acceptors (Lipinski definition) is 3. The van der Waals surface area contributed by atoms with Gasteiger partial charge in [0.25, 0.3) is 0 Å². The number of aliphatic imine (C=N–C) groups is 1. The Morgan fingerprint density at radius 3 is 2.82 bits per heavy atom. The van der Waals surface area contributed by atoms with Gasteiger partial charge in [-0.1, -0.05) is 29.3 Å². The second-order valence-corrected chi connectivity index (χ2v) is 7.77. The molecule has 1 amide bonds. The van der Waals surface area contributed by atoms with Gasteiger partial charge in [0.15, 0.2) is 5.96 Å². The van der Waals surface area contributed by atoms with E-state index >= 15 is 0 Å². The van der Waals surface area contributed by atoms with E-state index in [-0.39, 0.29) is 41.8 Å². The highest BCUT2D eigenvalue weighted by Crippen LogP contribution is 2.26. The van der Waals surface area contributed by atoms with Crippen LogP contribution in [0.1, 0.15) is 37.8 Å². The van der Waals surface area contributed by atoms with Gasteiger partial charge in [-0.3, -0.25) is 9.79 Å². The van der Waals surface area contributed by atoms with Gasteiger partial charge >= 0.3 is 0 Å². The monoisotopic (exact) mass is 541 g/mol. The lowest BCUT2D eigenvalue weighted by Crippen LogP contribution is -2.43. The van der Waals surface area contributed by atoms with Crippen molar-refractivity contribution < 1.29 is 4.79 Å². The van der Waals surface area contributed by atoms with Crippen molar-refractivity contribution in [1.82, 2.24) is 15.5 Å². The van der Waals surface area contributed by atoms with Crippen LogP contribution in [0.4, 0.5) is 0 Å². The van der Waals surface area contributed by atoms with Crippen molar-refractivity contribution in [3.8, 4) is 0 Å². The molecule has 0 spiro atoms. The van der Waals surface area contributed by atoms with Gasteiger partial charge in [-0.2, -0.15) is 0 Å². The standard InChI is InChI=1S/C19H29Cl2N5O.HI/c1-13(16-7-6-15(20)11-17(16)21)25-19(23-2)24-8-4-10-26-9-3-5-14(12-26)18(22)27;/h6-7,11,13-14H,3-5,8-10,12H2,1-2H3,(H2,22,27)(H2,23,24,25);1H. The third kappa shape index (κ3) is 7.93. The first-order valence-corrected chi connectivity index (χ1v) is 10.1. The number of carbonyl (C=O) groups excluding carboxylic acids is 1. The largest absolute Gasteiger partial charge is 0.369 e. The number of nitrogens with two attached hydrogens (primary N) is 1. The Hall–Kier alpha value is -0.770. The van der Waals surface area contributed by atoms with Crippen molar-refractivity contribution in [2.45, 2.75) is 32.2 Å². The molecule has 0 bridgehead atoms. The van der Waals surface area contributed by atoms with Crippen molar-refractivity contribution in [2.24, 2.45) is 16.6 Å². The zero-order chi connectivity index (χ0) is 19.8. The van der Waals surface area contributed by atoms with Gasteiger partial charge < -0.3 is 21.3 Å². The molecule has 0 saturated carbocycles. The van der Waals surface area contributed by atoms with E-state index in [1.54, 1.807) is 13.1 Å². The molecule has 1 aliphatic heterocycles. The number of carbonyl (C=O) groups is 1. The van der Waals surface area contributed by atoms with Crippen molar-refractivity contribution in [2.75, 3.05) is 33.2 Å². The van der Waals surface area contributed by atoms with Crippen LogP contribution in [0.5, 0.6) is 0 Å². The minimum atomic E-state index is -0.183. The molecule has 1 fully saturated rings. The maximum atomic E-state index is 11.4. The predicted octanol–water partition coefficient (Wildman–Crippen LogP) is 3.42. The number of hydrogen-bond donors (Lipinski definition) is 3. The number of primary amides is 1. The number of nitrogens with zero attached hydrogens (tertiary/aromatic N) is 2. The Bertz CT molecular complexity index is 674. The van der Waals surface area contributed by atoms with Gasteiger partial charge in [-0.25, -0.2) is 0 Å². The topological polar surface area (TPSA) is 82.8 Å². The SMILES string of the molecule is CN=C(NCCCN1CCCC(C(N)=O)C1)NC(C)c1ccc(Cl)cc1Cl.I. The van der Waals surface area contributed by atoms with Crippen molar-refractivity contribution in [3.05, 3.63) is 33.8 Å². The highest BCUT2D eigenvalue weighted by molar-refractivity contribution is 14.0. The Kier molecular flexibility index (Phi) is 11.5. The second-order valence-electron chi connectivity index (χ2n) is 6.93. The summed E-state index contributed by atoms with van der Waals surface area (Å²) < 4.78 is 0. The molecule has 1 saturated heterocycles. The summed E-state index contributed by atoms with van der Waals surface area (Å²) in [5.41, 5.74) is 6.40. The van der Waals surface area contributed by atoms with Gasteiger partial charge in [0.05, 0.1) is 12.0 Å². The molecule has 9 heteroatoms. The van der Waals surface area contributed by atoms with Crippen LogP contribution >= 0.6 is 47.2 Å². The summed E-state index contributed by atoms with van der Waals surface area (Å²) in [6.45, 7) is 5.56. The van der Waals surface area contributed by atoms with Crippen LogP contribution in [0, 0.1) is 5.92 Å². The molecule has 2 rings (SSSR count). The minimum absolute atomic E-state index is 0. The lowest BCUT2D eigenvalue weighted by atomic mass is 9.97. The summed E-state index contributed by atoms with van der Waals surface area (Å²) in [6.07, 6.45) is 2.90. The molecular weight excluding hydrogens is 512 g/mol.